The molecule has 25 heavy (non-hydrogen) atoms. The molecule has 0 unspecified atom stereocenters. The molecule has 0 saturated heterocycles. The van der Waals surface area contributed by atoms with Crippen molar-refractivity contribution in [2.45, 2.75) is 31.9 Å². The second-order valence-corrected chi connectivity index (χ2v) is 6.01. The second-order valence-electron chi connectivity index (χ2n) is 6.01. The molecule has 2 aromatic rings. The van der Waals surface area contributed by atoms with Crippen LogP contribution in [-0.4, -0.2) is 28.2 Å². The van der Waals surface area contributed by atoms with Gasteiger partial charge in [-0.1, -0.05) is 60.7 Å². The van der Waals surface area contributed by atoms with Crippen LogP contribution in [0.15, 0.2) is 60.7 Å². The summed E-state index contributed by atoms with van der Waals surface area (Å²) in [5, 5.41) is 22.1. The van der Waals surface area contributed by atoms with Crippen molar-refractivity contribution >= 4 is 11.9 Å². The van der Waals surface area contributed by atoms with E-state index in [1.54, 1.807) is 0 Å². The number of aliphatic carboxylic acids is 1. The van der Waals surface area contributed by atoms with Crippen molar-refractivity contribution in [2.75, 3.05) is 0 Å². The molecule has 2 atom stereocenters. The predicted octanol–water partition coefficient (Wildman–Crippen LogP) is 2.39. The Morgan fingerprint density at radius 1 is 0.920 bits per heavy atom. The zero-order chi connectivity index (χ0) is 18.1. The molecule has 0 aliphatic heterocycles. The van der Waals surface area contributed by atoms with Crippen LogP contribution in [0, 0.1) is 5.92 Å². The lowest BCUT2D eigenvalue weighted by Gasteiger charge is -2.17. The van der Waals surface area contributed by atoms with Crippen LogP contribution in [0.1, 0.15) is 24.0 Å². The number of carbonyl (C=O) groups is 2. The smallest absolute Gasteiger partial charge is 0.316 e. The number of amides is 1. The molecular formula is C20H23NO4. The summed E-state index contributed by atoms with van der Waals surface area (Å²) in [5.41, 5.74) is 1.96. The first-order chi connectivity index (χ1) is 12.1. The third-order valence-electron chi connectivity index (χ3n) is 4.04. The molecule has 2 rings (SSSR count). The molecule has 2 aromatic carbocycles. The van der Waals surface area contributed by atoms with Gasteiger partial charge < -0.3 is 15.5 Å². The SMILES string of the molecule is O=C(O)[C@H](C[C@@H](O)CCc1ccccc1)C(=O)NCc1ccccc1. The molecule has 1 amide bonds. The van der Waals surface area contributed by atoms with Crippen molar-refractivity contribution in [3.05, 3.63) is 71.8 Å². The number of carboxylic acids is 1. The minimum absolute atomic E-state index is 0.0945. The van der Waals surface area contributed by atoms with E-state index in [0.29, 0.717) is 12.8 Å². The molecule has 132 valence electrons. The summed E-state index contributed by atoms with van der Waals surface area (Å²) in [6, 6.07) is 18.9. The van der Waals surface area contributed by atoms with Crippen LogP contribution in [0.25, 0.3) is 0 Å². The minimum Gasteiger partial charge on any atom is -0.481 e. The number of benzene rings is 2. The maximum absolute atomic E-state index is 12.2. The van der Waals surface area contributed by atoms with Gasteiger partial charge in [0.15, 0.2) is 0 Å². The van der Waals surface area contributed by atoms with Crippen LogP contribution in [-0.2, 0) is 22.6 Å². The number of carbonyl (C=O) groups excluding carboxylic acids is 1. The Kier molecular flexibility index (Phi) is 7.16. The summed E-state index contributed by atoms with van der Waals surface area (Å²) in [4.78, 5) is 23.6. The first-order valence-corrected chi connectivity index (χ1v) is 8.32. The second kappa shape index (κ2) is 9.59. The average Bonchev–Trinajstić information content (AvgIpc) is 2.64. The van der Waals surface area contributed by atoms with Crippen molar-refractivity contribution in [3.63, 3.8) is 0 Å². The van der Waals surface area contributed by atoms with Crippen LogP contribution in [0.5, 0.6) is 0 Å². The zero-order valence-corrected chi connectivity index (χ0v) is 14.0. The number of hydrogen-bond donors (Lipinski definition) is 3. The number of carboxylic acid groups (broad SMARTS) is 1. The molecule has 0 aliphatic carbocycles. The fourth-order valence-corrected chi connectivity index (χ4v) is 2.60. The standard InChI is InChI=1S/C20H23NO4/c22-17(12-11-15-7-3-1-4-8-15)13-18(20(24)25)19(23)21-14-16-9-5-2-6-10-16/h1-10,17-18,22H,11-14H2,(H,21,23)(H,24,25)/t17-,18+/m0/s1. The fraction of sp³-hybridized carbons (Fsp3) is 0.300. The molecule has 0 aromatic heterocycles. The number of hydrogen-bond acceptors (Lipinski definition) is 3. The summed E-state index contributed by atoms with van der Waals surface area (Å²) in [7, 11) is 0. The number of aliphatic hydroxyl groups excluding tert-OH is 1. The van der Waals surface area contributed by atoms with Gasteiger partial charge in [-0.2, -0.15) is 0 Å². The van der Waals surface area contributed by atoms with E-state index in [-0.39, 0.29) is 13.0 Å². The van der Waals surface area contributed by atoms with E-state index in [2.05, 4.69) is 5.32 Å². The Morgan fingerprint density at radius 3 is 2.04 bits per heavy atom. The van der Waals surface area contributed by atoms with Crippen LogP contribution >= 0.6 is 0 Å². The maximum atomic E-state index is 12.2. The third-order valence-corrected chi connectivity index (χ3v) is 4.04. The Bertz CT molecular complexity index is 673. The van der Waals surface area contributed by atoms with Gasteiger partial charge in [0, 0.05) is 6.54 Å². The first-order valence-electron chi connectivity index (χ1n) is 8.32. The number of rotatable bonds is 9. The van der Waals surface area contributed by atoms with Crippen LogP contribution in [0.4, 0.5) is 0 Å². The fourth-order valence-electron chi connectivity index (χ4n) is 2.60. The lowest BCUT2D eigenvalue weighted by Crippen LogP contribution is -2.37. The molecule has 0 fully saturated rings. The number of aliphatic hydroxyl groups is 1. The van der Waals surface area contributed by atoms with Crippen molar-refractivity contribution in [1.82, 2.24) is 5.32 Å². The van der Waals surface area contributed by atoms with E-state index in [9.17, 15) is 19.8 Å². The highest BCUT2D eigenvalue weighted by Crippen LogP contribution is 2.14. The van der Waals surface area contributed by atoms with Crippen molar-refractivity contribution in [3.8, 4) is 0 Å². The van der Waals surface area contributed by atoms with Crippen molar-refractivity contribution in [1.29, 1.82) is 0 Å². The Balaban J connectivity index is 1.84. The van der Waals surface area contributed by atoms with E-state index in [4.69, 9.17) is 0 Å². The summed E-state index contributed by atoms with van der Waals surface area (Å²) >= 11 is 0. The molecule has 0 spiro atoms. The summed E-state index contributed by atoms with van der Waals surface area (Å²) < 4.78 is 0. The minimum atomic E-state index is -1.26. The molecule has 0 aliphatic rings. The van der Waals surface area contributed by atoms with E-state index >= 15 is 0 Å². The third kappa shape index (κ3) is 6.39. The van der Waals surface area contributed by atoms with Gasteiger partial charge in [-0.3, -0.25) is 9.59 Å². The molecule has 0 saturated carbocycles. The van der Waals surface area contributed by atoms with E-state index in [1.165, 1.54) is 0 Å². The summed E-state index contributed by atoms with van der Waals surface area (Å²) in [6.07, 6.45) is 0.117. The van der Waals surface area contributed by atoms with Crippen molar-refractivity contribution < 1.29 is 19.8 Å². The monoisotopic (exact) mass is 341 g/mol. The number of aryl methyl sites for hydroxylation is 1. The molecular weight excluding hydrogens is 318 g/mol. The maximum Gasteiger partial charge on any atom is 0.316 e. The normalized spacial score (nSPS) is 13.0. The topological polar surface area (TPSA) is 86.6 Å². The van der Waals surface area contributed by atoms with E-state index in [1.807, 2.05) is 60.7 Å². The Morgan fingerprint density at radius 2 is 1.48 bits per heavy atom. The van der Waals surface area contributed by atoms with Gasteiger partial charge in [0.05, 0.1) is 6.10 Å². The highest BCUT2D eigenvalue weighted by Gasteiger charge is 2.28. The average molecular weight is 341 g/mol. The predicted molar refractivity (Wildman–Crippen MR) is 94.8 cm³/mol. The van der Waals surface area contributed by atoms with Gasteiger partial charge >= 0.3 is 5.97 Å². The lowest BCUT2D eigenvalue weighted by atomic mass is 9.96. The molecule has 0 bridgehead atoms. The summed E-state index contributed by atoms with van der Waals surface area (Å²) in [6.45, 7) is 0.267. The van der Waals surface area contributed by atoms with E-state index < -0.39 is 23.9 Å². The van der Waals surface area contributed by atoms with Gasteiger partial charge in [0.1, 0.15) is 5.92 Å². The lowest BCUT2D eigenvalue weighted by molar-refractivity contribution is -0.148. The first kappa shape index (κ1) is 18.7. The largest absolute Gasteiger partial charge is 0.481 e. The highest BCUT2D eigenvalue weighted by atomic mass is 16.4. The Hall–Kier alpha value is -2.66. The zero-order valence-electron chi connectivity index (χ0n) is 14.0. The molecule has 5 heteroatoms. The van der Waals surface area contributed by atoms with Gasteiger partial charge in [-0.25, -0.2) is 0 Å². The van der Waals surface area contributed by atoms with Crippen LogP contribution in [0.3, 0.4) is 0 Å². The van der Waals surface area contributed by atoms with Gasteiger partial charge in [0.2, 0.25) is 5.91 Å². The van der Waals surface area contributed by atoms with E-state index in [0.717, 1.165) is 11.1 Å². The van der Waals surface area contributed by atoms with Gasteiger partial charge in [0.25, 0.3) is 0 Å². The van der Waals surface area contributed by atoms with Crippen LogP contribution < -0.4 is 5.32 Å². The van der Waals surface area contributed by atoms with Gasteiger partial charge in [-0.05, 0) is 30.4 Å². The molecule has 0 heterocycles. The molecule has 3 N–H and O–H groups in total. The molecule has 0 radical (unpaired) electrons. The molecule has 5 nitrogen and oxygen atoms in total. The van der Waals surface area contributed by atoms with Crippen LogP contribution in [0.2, 0.25) is 0 Å². The summed E-state index contributed by atoms with van der Waals surface area (Å²) in [5.74, 6) is -3.05. The Labute approximate surface area is 147 Å². The quantitative estimate of drug-likeness (QED) is 0.611. The van der Waals surface area contributed by atoms with Crippen molar-refractivity contribution in [2.24, 2.45) is 5.92 Å². The van der Waals surface area contributed by atoms with Gasteiger partial charge in [-0.15, -0.1) is 0 Å². The highest BCUT2D eigenvalue weighted by molar-refractivity contribution is 5.96. The number of nitrogens with one attached hydrogen (secondary N) is 1.